The van der Waals surface area contributed by atoms with Gasteiger partial charge in [-0.1, -0.05) is 31.4 Å². The van der Waals surface area contributed by atoms with E-state index >= 15 is 0 Å². The predicted octanol–water partition coefficient (Wildman–Crippen LogP) is 5.34. The van der Waals surface area contributed by atoms with Crippen molar-refractivity contribution in [2.24, 2.45) is 0 Å². The summed E-state index contributed by atoms with van der Waals surface area (Å²) in [6.45, 7) is 9.11. The van der Waals surface area contributed by atoms with Gasteiger partial charge in [-0.2, -0.15) is 15.0 Å². The van der Waals surface area contributed by atoms with Gasteiger partial charge in [0.15, 0.2) is 6.79 Å². The molecule has 0 spiro atoms. The van der Waals surface area contributed by atoms with E-state index in [2.05, 4.69) is 44.1 Å². The molecule has 3 aromatic carbocycles. The van der Waals surface area contributed by atoms with Crippen molar-refractivity contribution in [3.63, 3.8) is 0 Å². The van der Waals surface area contributed by atoms with Crippen molar-refractivity contribution in [2.45, 2.75) is 13.8 Å². The average Bonchev–Trinajstić information content (AvgIpc) is 3.01. The van der Waals surface area contributed by atoms with Crippen molar-refractivity contribution in [1.82, 2.24) is 15.0 Å². The maximum absolute atomic E-state index is 11.6. The van der Waals surface area contributed by atoms with E-state index in [0.717, 1.165) is 0 Å². The monoisotopic (exact) mass is 628 g/mol. The van der Waals surface area contributed by atoms with Crippen molar-refractivity contribution in [2.75, 3.05) is 36.3 Å². The van der Waals surface area contributed by atoms with Crippen LogP contribution in [-0.2, 0) is 19.1 Å². The fourth-order valence-electron chi connectivity index (χ4n) is 3.54. The zero-order valence-electron chi connectivity index (χ0n) is 25.1. The van der Waals surface area contributed by atoms with E-state index in [1.165, 1.54) is 0 Å². The van der Waals surface area contributed by atoms with Gasteiger partial charge in [0.1, 0.15) is 17.2 Å². The molecule has 0 fully saturated rings. The lowest BCUT2D eigenvalue weighted by Crippen LogP contribution is -2.11. The fourth-order valence-corrected chi connectivity index (χ4v) is 3.54. The molecule has 4 N–H and O–H groups in total. The van der Waals surface area contributed by atoms with Crippen molar-refractivity contribution in [3.8, 4) is 17.2 Å². The van der Waals surface area contributed by atoms with Crippen LogP contribution in [0.3, 0.4) is 0 Å². The zero-order chi connectivity index (χ0) is 32.9. The van der Waals surface area contributed by atoms with Gasteiger partial charge >= 0.3 is 11.9 Å². The first kappa shape index (κ1) is 32.8. The van der Waals surface area contributed by atoms with Gasteiger partial charge in [0.2, 0.25) is 31.4 Å². The highest BCUT2D eigenvalue weighted by Crippen LogP contribution is 2.26. The molecule has 0 aliphatic heterocycles. The summed E-state index contributed by atoms with van der Waals surface area (Å²) in [7, 11) is 0. The number of nitrogens with one attached hydrogen (secondary N) is 3. The van der Waals surface area contributed by atoms with Crippen LogP contribution in [0.5, 0.6) is 17.2 Å². The predicted molar refractivity (Wildman–Crippen MR) is 170 cm³/mol. The number of carbonyl (C=O) groups is 2. The number of aliphatic hydroxyl groups is 1. The molecule has 0 radical (unpaired) electrons. The Labute approximate surface area is 264 Å². The molecule has 0 atom stereocenters. The second kappa shape index (κ2) is 16.1. The number of esters is 2. The summed E-state index contributed by atoms with van der Waals surface area (Å²) in [6.07, 6.45) is 0. The third-order valence-corrected chi connectivity index (χ3v) is 5.67. The van der Waals surface area contributed by atoms with Crippen molar-refractivity contribution in [1.29, 1.82) is 0 Å². The molecule has 1 heterocycles. The summed E-state index contributed by atoms with van der Waals surface area (Å²) in [6, 6.07) is 20.6. The van der Waals surface area contributed by atoms with E-state index < -0.39 is 18.7 Å². The van der Waals surface area contributed by atoms with Crippen LogP contribution in [0.2, 0.25) is 0 Å². The van der Waals surface area contributed by atoms with Crippen LogP contribution in [-0.4, -0.2) is 52.4 Å². The molecule has 0 saturated heterocycles. The molecule has 0 aliphatic rings. The van der Waals surface area contributed by atoms with E-state index in [1.807, 2.05) is 0 Å². The molecule has 0 aliphatic carbocycles. The number of aromatic nitrogens is 3. The third kappa shape index (κ3) is 10.2. The number of hydrogen-bond donors (Lipinski definition) is 4. The first-order chi connectivity index (χ1) is 22.2. The number of nitrogens with zero attached hydrogens (tertiary/aromatic N) is 3. The van der Waals surface area contributed by atoms with Gasteiger partial charge in [-0.3, -0.25) is 0 Å². The Balaban J connectivity index is 1.54. The summed E-state index contributed by atoms with van der Waals surface area (Å²) in [4.78, 5) is 36.8. The lowest BCUT2D eigenvalue weighted by Gasteiger charge is -2.13. The molecule has 4 aromatic rings. The molecule has 238 valence electrons. The minimum Gasteiger partial charge on any atom is -0.468 e. The van der Waals surface area contributed by atoms with Gasteiger partial charge in [0.25, 0.3) is 0 Å². The SMILES string of the molecule is C=C(C)C(=O)OCOc1cccc(Nc2nc(Nc3cccc(OCO)c3)nc(Nc3cccc(OCOC(=O)C(=C)C)c3)n2)c1. The largest absolute Gasteiger partial charge is 0.468 e. The summed E-state index contributed by atoms with van der Waals surface area (Å²) in [5, 5.41) is 18.5. The number of aliphatic hydroxyl groups excluding tert-OH is 1. The van der Waals surface area contributed by atoms with Crippen molar-refractivity contribution < 1.29 is 38.4 Å². The lowest BCUT2D eigenvalue weighted by molar-refractivity contribution is -0.146. The topological polar surface area (TPSA) is 175 Å². The lowest BCUT2D eigenvalue weighted by atomic mass is 10.3. The van der Waals surface area contributed by atoms with E-state index in [4.69, 9.17) is 28.8 Å². The Bertz CT molecular complexity index is 1620. The highest BCUT2D eigenvalue weighted by atomic mass is 16.7. The first-order valence-corrected chi connectivity index (χ1v) is 13.7. The number of ether oxygens (including phenoxy) is 5. The molecule has 1 aromatic heterocycles. The molecule has 0 bridgehead atoms. The Morgan fingerprint density at radius 2 is 0.978 bits per heavy atom. The van der Waals surface area contributed by atoms with Gasteiger partial charge in [-0.25, -0.2) is 9.59 Å². The molecule has 0 saturated carbocycles. The summed E-state index contributed by atoms with van der Waals surface area (Å²) in [5.41, 5.74) is 2.26. The van der Waals surface area contributed by atoms with Gasteiger partial charge in [-0.05, 0) is 50.2 Å². The van der Waals surface area contributed by atoms with Crippen LogP contribution in [0.15, 0.2) is 97.1 Å². The number of carbonyl (C=O) groups excluding carboxylic acids is 2. The first-order valence-electron chi connectivity index (χ1n) is 13.7. The Morgan fingerprint density at radius 3 is 1.30 bits per heavy atom. The average molecular weight is 629 g/mol. The zero-order valence-corrected chi connectivity index (χ0v) is 25.1. The Morgan fingerprint density at radius 1 is 0.630 bits per heavy atom. The second-order valence-corrected chi connectivity index (χ2v) is 9.49. The van der Waals surface area contributed by atoms with Crippen LogP contribution in [0.1, 0.15) is 13.8 Å². The second-order valence-electron chi connectivity index (χ2n) is 9.49. The standard InChI is InChI=1S/C32H32N6O8/c1-20(2)28(40)45-18-43-26-12-6-9-23(15-26)34-31-36-30(33-22-8-5-11-25(14-22)42-17-39)37-32(38-31)35-24-10-7-13-27(16-24)44-19-46-29(41)21(3)4/h5-16,39H,1,3,17-19H2,2,4H3,(H3,33,34,35,36,37,38). The Hall–Kier alpha value is -6.15. The molecule has 14 heteroatoms. The number of benzene rings is 3. The molecule has 0 amide bonds. The molecular weight excluding hydrogens is 596 g/mol. The molecule has 46 heavy (non-hydrogen) atoms. The molecule has 14 nitrogen and oxygen atoms in total. The van der Waals surface area contributed by atoms with Crippen LogP contribution in [0.25, 0.3) is 0 Å². The summed E-state index contributed by atoms with van der Waals surface area (Å²) in [5.74, 6) is 0.704. The van der Waals surface area contributed by atoms with Gasteiger partial charge in [0.05, 0.1) is 0 Å². The van der Waals surface area contributed by atoms with Gasteiger partial charge in [-0.15, -0.1) is 0 Å². The van der Waals surface area contributed by atoms with Crippen LogP contribution >= 0.6 is 0 Å². The molecule has 4 rings (SSSR count). The van der Waals surface area contributed by atoms with Gasteiger partial charge in [0, 0.05) is 46.4 Å². The number of hydrogen-bond acceptors (Lipinski definition) is 14. The van der Waals surface area contributed by atoms with E-state index in [0.29, 0.717) is 34.3 Å². The third-order valence-electron chi connectivity index (χ3n) is 5.67. The summed E-state index contributed by atoms with van der Waals surface area (Å²) < 4.78 is 26.2. The highest BCUT2D eigenvalue weighted by molar-refractivity contribution is 5.87. The van der Waals surface area contributed by atoms with Crippen molar-refractivity contribution >= 4 is 46.8 Å². The molecular formula is C32H32N6O8. The normalized spacial score (nSPS) is 10.2. The van der Waals surface area contributed by atoms with E-state index in [-0.39, 0.29) is 42.6 Å². The van der Waals surface area contributed by atoms with Crippen LogP contribution in [0.4, 0.5) is 34.9 Å². The smallest absolute Gasteiger partial charge is 0.335 e. The highest BCUT2D eigenvalue weighted by Gasteiger charge is 2.11. The summed E-state index contributed by atoms with van der Waals surface area (Å²) >= 11 is 0. The van der Waals surface area contributed by atoms with E-state index in [1.54, 1.807) is 86.6 Å². The molecule has 0 unspecified atom stereocenters. The fraction of sp³-hybridized carbons (Fsp3) is 0.156. The number of rotatable bonds is 16. The minimum atomic E-state index is -0.559. The van der Waals surface area contributed by atoms with Crippen LogP contribution < -0.4 is 30.2 Å². The Kier molecular flexibility index (Phi) is 11.4. The minimum absolute atomic E-state index is 0.174. The quantitative estimate of drug-likeness (QED) is 0.0710. The van der Waals surface area contributed by atoms with Crippen LogP contribution in [0, 0.1) is 0 Å². The maximum atomic E-state index is 11.6. The van der Waals surface area contributed by atoms with E-state index in [9.17, 15) is 9.59 Å². The van der Waals surface area contributed by atoms with Gasteiger partial charge < -0.3 is 44.7 Å². The van der Waals surface area contributed by atoms with Crippen molar-refractivity contribution in [3.05, 3.63) is 97.1 Å². The maximum Gasteiger partial charge on any atom is 0.335 e. The number of anilines is 6.